The number of nitro benzene ring substituents is 1. The van der Waals surface area contributed by atoms with Crippen LogP contribution in [0.3, 0.4) is 0 Å². The smallest absolute Gasteiger partial charge is 0.317 e. The van der Waals surface area contributed by atoms with E-state index < -0.39 is 23.0 Å². The Morgan fingerprint density at radius 1 is 1.12 bits per heavy atom. The summed E-state index contributed by atoms with van der Waals surface area (Å²) in [7, 11) is 0. The lowest BCUT2D eigenvalue weighted by Crippen LogP contribution is -2.53. The Balaban J connectivity index is 1.53. The predicted octanol–water partition coefficient (Wildman–Crippen LogP) is 3.79. The van der Waals surface area contributed by atoms with Crippen LogP contribution in [0.4, 0.5) is 16.2 Å². The Hall–Kier alpha value is -3.99. The Morgan fingerprint density at radius 3 is 2.49 bits per heavy atom. The number of aliphatic hydroxyl groups excluding tert-OH is 1. The molecule has 4 amide bonds. The number of anilines is 1. The van der Waals surface area contributed by atoms with E-state index in [1.165, 1.54) is 34.4 Å². The molecule has 2 aromatic rings. The van der Waals surface area contributed by atoms with Gasteiger partial charge in [-0.05, 0) is 44.2 Å². The van der Waals surface area contributed by atoms with Crippen molar-refractivity contribution in [2.45, 2.75) is 76.5 Å². The number of urea groups is 1. The van der Waals surface area contributed by atoms with Crippen LogP contribution in [0.15, 0.2) is 48.5 Å². The molecule has 1 saturated carbocycles. The van der Waals surface area contributed by atoms with Crippen molar-refractivity contribution in [2.75, 3.05) is 24.5 Å². The number of likely N-dealkylation sites (N-methyl/N-ethyl adjacent to an activating group) is 1. The highest BCUT2D eigenvalue weighted by Gasteiger charge is 2.29. The highest BCUT2D eigenvalue weighted by molar-refractivity contribution is 6.00. The van der Waals surface area contributed by atoms with E-state index in [0.29, 0.717) is 31.6 Å². The Bertz CT molecular complexity index is 1230. The first-order valence-electron chi connectivity index (χ1n) is 14.4. The maximum absolute atomic E-state index is 13.5. The number of carbonyl (C=O) groups excluding carboxylic acids is 3. The van der Waals surface area contributed by atoms with E-state index in [0.717, 1.165) is 31.2 Å². The summed E-state index contributed by atoms with van der Waals surface area (Å²) in [6, 6.07) is 12.3. The van der Waals surface area contributed by atoms with Crippen LogP contribution >= 0.6 is 0 Å². The highest BCUT2D eigenvalue weighted by atomic mass is 16.6. The Labute approximate surface area is 240 Å². The van der Waals surface area contributed by atoms with Crippen LogP contribution < -0.4 is 15.5 Å². The number of benzene rings is 2. The summed E-state index contributed by atoms with van der Waals surface area (Å²) in [5.74, 6) is -0.767. The van der Waals surface area contributed by atoms with Gasteiger partial charge in [-0.25, -0.2) is 4.79 Å². The molecule has 0 radical (unpaired) electrons. The van der Waals surface area contributed by atoms with Crippen LogP contribution in [0.25, 0.3) is 0 Å². The van der Waals surface area contributed by atoms with Crippen molar-refractivity contribution in [3.8, 4) is 0 Å². The summed E-state index contributed by atoms with van der Waals surface area (Å²) in [4.78, 5) is 52.8. The normalized spacial score (nSPS) is 17.1. The molecule has 0 aromatic heterocycles. The largest absolute Gasteiger partial charge is 0.389 e. The number of non-ortho nitro benzene ring substituents is 1. The van der Waals surface area contributed by atoms with E-state index in [-0.39, 0.29) is 42.2 Å². The molecule has 3 N–H and O–H groups in total. The second-order valence-electron chi connectivity index (χ2n) is 10.8. The molecule has 1 heterocycles. The van der Waals surface area contributed by atoms with Crippen molar-refractivity contribution in [2.24, 2.45) is 0 Å². The number of rotatable bonds is 11. The molecule has 1 aliphatic carbocycles. The summed E-state index contributed by atoms with van der Waals surface area (Å²) in [6.07, 6.45) is 5.35. The summed E-state index contributed by atoms with van der Waals surface area (Å²) >= 11 is 0. The molecule has 0 unspecified atom stereocenters. The average molecular weight is 566 g/mol. The number of nitrogens with zero attached hydrogens (tertiary/aromatic N) is 3. The summed E-state index contributed by atoms with van der Waals surface area (Å²) in [6.45, 7) is 2.63. The maximum atomic E-state index is 13.5. The molecule has 4 rings (SSSR count). The van der Waals surface area contributed by atoms with E-state index in [1.807, 2.05) is 37.3 Å². The van der Waals surface area contributed by atoms with Crippen LogP contribution in [0.5, 0.6) is 0 Å². The predicted molar refractivity (Wildman–Crippen MR) is 155 cm³/mol. The molecular formula is C30H39N5O6. The lowest BCUT2D eigenvalue weighted by molar-refractivity contribution is -0.384. The van der Waals surface area contributed by atoms with Crippen molar-refractivity contribution in [1.82, 2.24) is 15.5 Å². The van der Waals surface area contributed by atoms with Gasteiger partial charge in [0.25, 0.3) is 11.6 Å². The second-order valence-corrected chi connectivity index (χ2v) is 10.8. The molecule has 1 aliphatic heterocycles. The van der Waals surface area contributed by atoms with Crippen molar-refractivity contribution in [3.63, 3.8) is 0 Å². The van der Waals surface area contributed by atoms with Crippen molar-refractivity contribution < 1.29 is 24.4 Å². The topological polar surface area (TPSA) is 145 Å². The summed E-state index contributed by atoms with van der Waals surface area (Å²) in [5, 5.41) is 28.9. The molecule has 11 heteroatoms. The van der Waals surface area contributed by atoms with E-state index in [2.05, 4.69) is 10.6 Å². The standard InChI is InChI=1S/C30H39N5O6/c1-2-33(30(39)31-23-12-7-4-8-13-23)20-27(36)26(16-21-10-5-3-6-11-21)32-29(38)22-17-24(19-25(18-22)35(40)41)34-15-9-14-28(34)37/h3,5-6,10-11,17-19,23,26-27,36H,2,4,7-9,12-16,20H2,1H3,(H,31,39)(H,32,38)/t26-,27-/m0/s1. The molecule has 0 bridgehead atoms. The van der Waals surface area contributed by atoms with E-state index in [1.54, 1.807) is 0 Å². The fourth-order valence-electron chi connectivity index (χ4n) is 5.53. The number of carbonyl (C=O) groups is 3. The molecule has 2 aliphatic rings. The van der Waals surface area contributed by atoms with Gasteiger partial charge in [0.05, 0.1) is 29.3 Å². The minimum absolute atomic E-state index is 0.00466. The van der Waals surface area contributed by atoms with E-state index in [9.17, 15) is 29.6 Å². The average Bonchev–Trinajstić information content (AvgIpc) is 3.41. The number of hydrogen-bond acceptors (Lipinski definition) is 6. The van der Waals surface area contributed by atoms with Crippen LogP contribution in [-0.4, -0.2) is 70.6 Å². The monoisotopic (exact) mass is 565 g/mol. The van der Waals surface area contributed by atoms with Crippen LogP contribution in [0, 0.1) is 10.1 Å². The molecular weight excluding hydrogens is 526 g/mol. The number of amides is 4. The molecule has 41 heavy (non-hydrogen) atoms. The third-order valence-corrected chi connectivity index (χ3v) is 7.85. The van der Waals surface area contributed by atoms with Gasteiger partial charge in [-0.1, -0.05) is 49.6 Å². The van der Waals surface area contributed by atoms with Crippen molar-refractivity contribution in [1.29, 1.82) is 0 Å². The van der Waals surface area contributed by atoms with Gasteiger partial charge in [-0.2, -0.15) is 0 Å². The molecule has 2 atom stereocenters. The third-order valence-electron chi connectivity index (χ3n) is 7.85. The lowest BCUT2D eigenvalue weighted by Gasteiger charge is -2.32. The minimum atomic E-state index is -1.12. The maximum Gasteiger partial charge on any atom is 0.317 e. The molecule has 11 nitrogen and oxygen atoms in total. The SMILES string of the molecule is CCN(C[C@H](O)[C@H](Cc1ccccc1)NC(=O)c1cc(N2CCCC2=O)cc([N+](=O)[O-])c1)C(=O)NC1CCCCC1. The number of hydrogen-bond donors (Lipinski definition) is 3. The van der Waals surface area contributed by atoms with Crippen molar-refractivity contribution in [3.05, 3.63) is 69.8 Å². The Kier molecular flexibility index (Phi) is 10.3. The summed E-state index contributed by atoms with van der Waals surface area (Å²) < 4.78 is 0. The molecule has 2 aromatic carbocycles. The first-order valence-corrected chi connectivity index (χ1v) is 14.4. The van der Waals surface area contributed by atoms with Gasteiger partial charge >= 0.3 is 6.03 Å². The number of nitro groups is 1. The number of aliphatic hydroxyl groups is 1. The molecule has 220 valence electrons. The van der Waals surface area contributed by atoms with Gasteiger partial charge < -0.3 is 25.5 Å². The van der Waals surface area contributed by atoms with Gasteiger partial charge in [0, 0.05) is 43.2 Å². The lowest BCUT2D eigenvalue weighted by atomic mass is 9.96. The van der Waals surface area contributed by atoms with Crippen LogP contribution in [-0.2, 0) is 11.2 Å². The molecule has 2 fully saturated rings. The van der Waals surface area contributed by atoms with E-state index in [4.69, 9.17) is 0 Å². The first-order chi connectivity index (χ1) is 19.7. The van der Waals surface area contributed by atoms with Gasteiger partial charge in [0.2, 0.25) is 5.91 Å². The van der Waals surface area contributed by atoms with Crippen LogP contribution in [0.1, 0.15) is 67.8 Å². The Morgan fingerprint density at radius 2 is 1.85 bits per heavy atom. The summed E-state index contributed by atoms with van der Waals surface area (Å²) in [5.41, 5.74) is 0.878. The highest BCUT2D eigenvalue weighted by Crippen LogP contribution is 2.28. The van der Waals surface area contributed by atoms with Gasteiger partial charge in [-0.3, -0.25) is 19.7 Å². The quantitative estimate of drug-likeness (QED) is 0.279. The van der Waals surface area contributed by atoms with Crippen LogP contribution in [0.2, 0.25) is 0 Å². The zero-order valence-electron chi connectivity index (χ0n) is 23.5. The molecule has 0 spiro atoms. The zero-order chi connectivity index (χ0) is 29.4. The second kappa shape index (κ2) is 14.1. The van der Waals surface area contributed by atoms with Gasteiger partial charge in [-0.15, -0.1) is 0 Å². The fourth-order valence-corrected chi connectivity index (χ4v) is 5.53. The number of nitrogens with one attached hydrogen (secondary N) is 2. The van der Waals surface area contributed by atoms with E-state index >= 15 is 0 Å². The zero-order valence-corrected chi connectivity index (χ0v) is 23.5. The minimum Gasteiger partial charge on any atom is -0.389 e. The van der Waals surface area contributed by atoms with Gasteiger partial charge in [0.1, 0.15) is 0 Å². The van der Waals surface area contributed by atoms with Crippen molar-refractivity contribution >= 4 is 29.2 Å². The third kappa shape index (κ3) is 8.03. The first kappa shape index (κ1) is 30.0. The van der Waals surface area contributed by atoms with Gasteiger partial charge in [0.15, 0.2) is 0 Å². The molecule has 1 saturated heterocycles. The fraction of sp³-hybridized carbons (Fsp3) is 0.500.